The van der Waals surface area contributed by atoms with Gasteiger partial charge in [0, 0.05) is 0 Å². The molecule has 0 aromatic rings. The fourth-order valence-electron chi connectivity index (χ4n) is 2.33. The number of hydrogen-bond donors (Lipinski definition) is 2. The molecule has 0 aliphatic carbocycles. The van der Waals surface area contributed by atoms with Crippen LogP contribution >= 0.6 is 0 Å². The Morgan fingerprint density at radius 3 is 2.44 bits per heavy atom. The third-order valence-corrected chi connectivity index (χ3v) is 3.92. The van der Waals surface area contributed by atoms with E-state index in [1.807, 2.05) is 0 Å². The molecule has 1 fully saturated rings. The quantitative estimate of drug-likeness (QED) is 0.715. The number of hydrogen-bond acceptors (Lipinski definition) is 3. The summed E-state index contributed by atoms with van der Waals surface area (Å²) in [6.07, 6.45) is 2.69. The Morgan fingerprint density at radius 1 is 1.31 bits per heavy atom. The van der Waals surface area contributed by atoms with Gasteiger partial charge in [-0.2, -0.15) is 0 Å². The average Bonchev–Trinajstić information content (AvgIpc) is 2.26. The Kier molecular flexibility index (Phi) is 6.32. The average molecular weight is 227 g/mol. The fraction of sp³-hybridized carbons (Fsp3) is 1.00. The zero-order chi connectivity index (χ0) is 12.0. The van der Waals surface area contributed by atoms with E-state index in [2.05, 4.69) is 31.1 Å². The maximum absolute atomic E-state index is 5.76. The second kappa shape index (κ2) is 7.25. The summed E-state index contributed by atoms with van der Waals surface area (Å²) in [7, 11) is 2.22. The molecule has 1 rings (SSSR count). The van der Waals surface area contributed by atoms with Crippen molar-refractivity contribution in [1.29, 1.82) is 0 Å². The highest BCUT2D eigenvalue weighted by Crippen LogP contribution is 2.15. The third kappa shape index (κ3) is 4.81. The molecule has 1 aliphatic rings. The van der Waals surface area contributed by atoms with Gasteiger partial charge >= 0.3 is 0 Å². The summed E-state index contributed by atoms with van der Waals surface area (Å²) < 4.78 is 0. The molecule has 0 bridgehead atoms. The topological polar surface area (TPSA) is 41.3 Å². The summed E-state index contributed by atoms with van der Waals surface area (Å²) in [6, 6.07) is 0. The van der Waals surface area contributed by atoms with Crippen LogP contribution in [0.3, 0.4) is 0 Å². The minimum atomic E-state index is 0.631. The standard InChI is InChI=1S/C13H29N3/c1-11(2)13(8-14)10-15-9-12-4-6-16(3)7-5-12/h11-13,15H,4-10,14H2,1-3H3. The number of nitrogens with two attached hydrogens (primary N) is 1. The van der Waals surface area contributed by atoms with E-state index in [9.17, 15) is 0 Å². The molecule has 0 aromatic heterocycles. The van der Waals surface area contributed by atoms with Crippen molar-refractivity contribution >= 4 is 0 Å². The highest BCUT2D eigenvalue weighted by atomic mass is 15.1. The molecule has 0 saturated carbocycles. The summed E-state index contributed by atoms with van der Waals surface area (Å²) in [5, 5.41) is 3.60. The molecule has 1 atom stereocenters. The highest BCUT2D eigenvalue weighted by Gasteiger charge is 2.17. The van der Waals surface area contributed by atoms with Crippen molar-refractivity contribution in [3.05, 3.63) is 0 Å². The molecule has 16 heavy (non-hydrogen) atoms. The fourth-order valence-corrected chi connectivity index (χ4v) is 2.33. The van der Waals surface area contributed by atoms with E-state index < -0.39 is 0 Å². The van der Waals surface area contributed by atoms with Crippen molar-refractivity contribution in [2.24, 2.45) is 23.5 Å². The lowest BCUT2D eigenvalue weighted by atomic mass is 9.94. The minimum Gasteiger partial charge on any atom is -0.330 e. The van der Waals surface area contributed by atoms with Crippen LogP contribution in [0.2, 0.25) is 0 Å². The summed E-state index contributed by atoms with van der Waals surface area (Å²) in [6.45, 7) is 10.1. The van der Waals surface area contributed by atoms with E-state index in [4.69, 9.17) is 5.73 Å². The van der Waals surface area contributed by atoms with Gasteiger partial charge in [0.1, 0.15) is 0 Å². The van der Waals surface area contributed by atoms with Gasteiger partial charge in [-0.05, 0) is 70.4 Å². The maximum Gasteiger partial charge on any atom is -0.000589 e. The predicted octanol–water partition coefficient (Wildman–Crippen LogP) is 1.15. The second-order valence-corrected chi connectivity index (χ2v) is 5.64. The van der Waals surface area contributed by atoms with Crippen molar-refractivity contribution < 1.29 is 0 Å². The van der Waals surface area contributed by atoms with E-state index in [0.29, 0.717) is 11.8 Å². The van der Waals surface area contributed by atoms with Gasteiger partial charge in [-0.1, -0.05) is 13.8 Å². The van der Waals surface area contributed by atoms with Crippen LogP contribution < -0.4 is 11.1 Å². The van der Waals surface area contributed by atoms with E-state index >= 15 is 0 Å². The summed E-state index contributed by atoms with van der Waals surface area (Å²) in [5.41, 5.74) is 5.76. The van der Waals surface area contributed by atoms with Crippen LogP contribution in [0.1, 0.15) is 26.7 Å². The zero-order valence-electron chi connectivity index (χ0n) is 11.2. The third-order valence-electron chi connectivity index (χ3n) is 3.92. The van der Waals surface area contributed by atoms with Crippen LogP contribution in [0.25, 0.3) is 0 Å². The first-order valence-corrected chi connectivity index (χ1v) is 6.72. The molecule has 1 saturated heterocycles. The molecule has 3 heteroatoms. The molecule has 0 spiro atoms. The molecular weight excluding hydrogens is 198 g/mol. The second-order valence-electron chi connectivity index (χ2n) is 5.64. The lowest BCUT2D eigenvalue weighted by molar-refractivity contribution is 0.213. The van der Waals surface area contributed by atoms with E-state index in [1.165, 1.54) is 32.5 Å². The number of nitrogens with zero attached hydrogens (tertiary/aromatic N) is 1. The van der Waals surface area contributed by atoms with Gasteiger partial charge in [-0.25, -0.2) is 0 Å². The van der Waals surface area contributed by atoms with Gasteiger partial charge in [-0.3, -0.25) is 0 Å². The van der Waals surface area contributed by atoms with Gasteiger partial charge in [0.05, 0.1) is 0 Å². The molecule has 1 heterocycles. The summed E-state index contributed by atoms with van der Waals surface area (Å²) in [4.78, 5) is 2.42. The van der Waals surface area contributed by atoms with Gasteiger partial charge in [-0.15, -0.1) is 0 Å². The Bertz CT molecular complexity index is 174. The van der Waals surface area contributed by atoms with Gasteiger partial charge in [0.25, 0.3) is 0 Å². The molecule has 0 radical (unpaired) electrons. The first kappa shape index (κ1) is 13.9. The molecule has 3 nitrogen and oxygen atoms in total. The van der Waals surface area contributed by atoms with E-state index in [0.717, 1.165) is 19.0 Å². The Morgan fingerprint density at radius 2 is 1.94 bits per heavy atom. The van der Waals surface area contributed by atoms with Crippen LogP contribution in [-0.2, 0) is 0 Å². The number of rotatable bonds is 6. The Balaban J connectivity index is 2.10. The maximum atomic E-state index is 5.76. The van der Waals surface area contributed by atoms with Gasteiger partial charge in [0.2, 0.25) is 0 Å². The van der Waals surface area contributed by atoms with E-state index in [-0.39, 0.29) is 0 Å². The smallest absolute Gasteiger partial charge is 0.000589 e. The van der Waals surface area contributed by atoms with Crippen LogP contribution in [0.5, 0.6) is 0 Å². The number of nitrogens with one attached hydrogen (secondary N) is 1. The SMILES string of the molecule is CC(C)C(CN)CNCC1CCN(C)CC1. The lowest BCUT2D eigenvalue weighted by Crippen LogP contribution is -2.38. The van der Waals surface area contributed by atoms with Gasteiger partial charge in [0.15, 0.2) is 0 Å². The Labute approximate surface area is 101 Å². The van der Waals surface area contributed by atoms with Gasteiger partial charge < -0.3 is 16.0 Å². The Hall–Kier alpha value is -0.120. The summed E-state index contributed by atoms with van der Waals surface area (Å²) >= 11 is 0. The predicted molar refractivity (Wildman–Crippen MR) is 70.5 cm³/mol. The first-order chi connectivity index (χ1) is 7.63. The van der Waals surface area contributed by atoms with Crippen LogP contribution in [0.15, 0.2) is 0 Å². The molecule has 0 amide bonds. The molecule has 96 valence electrons. The summed E-state index contributed by atoms with van der Waals surface area (Å²) in [5.74, 6) is 2.20. The van der Waals surface area contributed by atoms with E-state index in [1.54, 1.807) is 0 Å². The van der Waals surface area contributed by atoms with Crippen LogP contribution in [-0.4, -0.2) is 44.7 Å². The van der Waals surface area contributed by atoms with Crippen LogP contribution in [0, 0.1) is 17.8 Å². The highest BCUT2D eigenvalue weighted by molar-refractivity contribution is 4.73. The van der Waals surface area contributed by atoms with Crippen molar-refractivity contribution in [3.63, 3.8) is 0 Å². The minimum absolute atomic E-state index is 0.631. The monoisotopic (exact) mass is 227 g/mol. The molecule has 0 aromatic carbocycles. The molecule has 1 unspecified atom stereocenters. The largest absolute Gasteiger partial charge is 0.330 e. The molecule has 3 N–H and O–H groups in total. The number of likely N-dealkylation sites (tertiary alicyclic amines) is 1. The van der Waals surface area contributed by atoms with Crippen molar-refractivity contribution in [2.75, 3.05) is 39.8 Å². The van der Waals surface area contributed by atoms with Crippen molar-refractivity contribution in [3.8, 4) is 0 Å². The van der Waals surface area contributed by atoms with Crippen molar-refractivity contribution in [1.82, 2.24) is 10.2 Å². The van der Waals surface area contributed by atoms with Crippen LogP contribution in [0.4, 0.5) is 0 Å². The lowest BCUT2D eigenvalue weighted by Gasteiger charge is -2.29. The molecule has 1 aliphatic heterocycles. The first-order valence-electron chi connectivity index (χ1n) is 6.72. The normalized spacial score (nSPS) is 21.6. The zero-order valence-corrected chi connectivity index (χ0v) is 11.2. The van der Waals surface area contributed by atoms with Crippen molar-refractivity contribution in [2.45, 2.75) is 26.7 Å². The molecular formula is C13H29N3. The number of piperidine rings is 1.